The maximum atomic E-state index is 11.7. The lowest BCUT2D eigenvalue weighted by atomic mass is 10.2. The Morgan fingerprint density at radius 1 is 1.65 bits per heavy atom. The molecule has 0 aliphatic heterocycles. The van der Waals surface area contributed by atoms with Gasteiger partial charge in [-0.05, 0) is 13.3 Å². The van der Waals surface area contributed by atoms with Crippen molar-refractivity contribution in [3.8, 4) is 6.07 Å². The Bertz CT molecular complexity index is 406. The third-order valence-electron chi connectivity index (χ3n) is 2.46. The number of carbonyl (C=O) groups is 1. The number of aromatic nitrogens is 3. The summed E-state index contributed by atoms with van der Waals surface area (Å²) in [5, 5.41) is 15.3. The summed E-state index contributed by atoms with van der Waals surface area (Å²) in [5.41, 5.74) is 0. The van der Waals surface area contributed by atoms with Crippen molar-refractivity contribution < 1.29 is 4.79 Å². The molecular weight excluding hydrogens is 218 g/mol. The van der Waals surface area contributed by atoms with Crippen LogP contribution in [0.15, 0.2) is 6.33 Å². The molecule has 1 amide bonds. The molecule has 1 unspecified atom stereocenters. The number of hydrogen-bond acceptors (Lipinski definition) is 4. The number of rotatable bonds is 6. The first-order valence-electron chi connectivity index (χ1n) is 5.78. The van der Waals surface area contributed by atoms with E-state index < -0.39 is 6.04 Å². The van der Waals surface area contributed by atoms with E-state index in [1.165, 1.54) is 11.0 Å². The molecule has 6 heteroatoms. The van der Waals surface area contributed by atoms with E-state index in [0.717, 1.165) is 19.3 Å². The van der Waals surface area contributed by atoms with Crippen molar-refractivity contribution in [3.05, 3.63) is 12.2 Å². The maximum absolute atomic E-state index is 11.7. The Balaban J connectivity index is 2.44. The molecule has 1 aromatic heterocycles. The topological polar surface area (TPSA) is 83.6 Å². The van der Waals surface area contributed by atoms with Gasteiger partial charge in [0.25, 0.3) is 5.82 Å². The number of unbranched alkanes of at least 4 members (excludes halogenated alkanes) is 2. The van der Waals surface area contributed by atoms with Crippen molar-refractivity contribution in [2.75, 3.05) is 6.54 Å². The second-order valence-electron chi connectivity index (χ2n) is 3.83. The van der Waals surface area contributed by atoms with E-state index in [9.17, 15) is 4.79 Å². The van der Waals surface area contributed by atoms with Gasteiger partial charge in [-0.3, -0.25) is 4.79 Å². The van der Waals surface area contributed by atoms with Crippen molar-refractivity contribution in [3.63, 3.8) is 0 Å². The minimum atomic E-state index is -0.439. The Kier molecular flexibility index (Phi) is 5.14. The average Bonchev–Trinajstić information content (AvgIpc) is 2.82. The number of carbonyl (C=O) groups excluding carboxylic acids is 1. The number of nitrogens with one attached hydrogen (secondary N) is 1. The molecule has 0 aliphatic carbocycles. The summed E-state index contributed by atoms with van der Waals surface area (Å²) >= 11 is 0. The van der Waals surface area contributed by atoms with Crippen LogP contribution in [0.2, 0.25) is 0 Å². The molecule has 1 aromatic rings. The highest BCUT2D eigenvalue weighted by atomic mass is 16.2. The first-order valence-corrected chi connectivity index (χ1v) is 5.78. The van der Waals surface area contributed by atoms with Crippen LogP contribution in [0.1, 0.15) is 45.0 Å². The van der Waals surface area contributed by atoms with Gasteiger partial charge < -0.3 is 5.32 Å². The standard InChI is InChI=1S/C11H17N5O/c1-3-4-5-6-13-11(17)9(2)16-8-14-10(7-12)15-16/h8-9H,3-6H2,1-2H3,(H,13,17). The van der Waals surface area contributed by atoms with Gasteiger partial charge in [-0.1, -0.05) is 19.8 Å². The normalized spacial score (nSPS) is 11.8. The van der Waals surface area contributed by atoms with Gasteiger partial charge in [0.15, 0.2) is 0 Å². The molecule has 0 saturated carbocycles. The molecule has 1 N–H and O–H groups in total. The van der Waals surface area contributed by atoms with Crippen molar-refractivity contribution in [1.82, 2.24) is 20.1 Å². The molecule has 0 bridgehead atoms. The van der Waals surface area contributed by atoms with E-state index >= 15 is 0 Å². The van der Waals surface area contributed by atoms with Gasteiger partial charge in [-0.15, -0.1) is 5.10 Å². The predicted octanol–water partition coefficient (Wildman–Crippen LogP) is 1.02. The molecule has 0 aliphatic rings. The fourth-order valence-corrected chi connectivity index (χ4v) is 1.37. The lowest BCUT2D eigenvalue weighted by Crippen LogP contribution is -2.32. The lowest BCUT2D eigenvalue weighted by Gasteiger charge is -2.11. The Morgan fingerprint density at radius 3 is 3.00 bits per heavy atom. The highest BCUT2D eigenvalue weighted by Crippen LogP contribution is 2.03. The molecule has 1 atom stereocenters. The SMILES string of the molecule is CCCCCNC(=O)C(C)n1cnc(C#N)n1. The molecule has 17 heavy (non-hydrogen) atoms. The molecule has 0 saturated heterocycles. The minimum absolute atomic E-state index is 0.0793. The second kappa shape index (κ2) is 6.63. The van der Waals surface area contributed by atoms with E-state index in [2.05, 4.69) is 22.3 Å². The van der Waals surface area contributed by atoms with Crippen LogP contribution >= 0.6 is 0 Å². The minimum Gasteiger partial charge on any atom is -0.354 e. The molecule has 1 heterocycles. The zero-order valence-electron chi connectivity index (χ0n) is 10.2. The van der Waals surface area contributed by atoms with Gasteiger partial charge in [-0.2, -0.15) is 5.26 Å². The lowest BCUT2D eigenvalue weighted by molar-refractivity contribution is -0.124. The van der Waals surface area contributed by atoms with Gasteiger partial charge in [-0.25, -0.2) is 9.67 Å². The smallest absolute Gasteiger partial charge is 0.252 e. The molecule has 1 rings (SSSR count). The van der Waals surface area contributed by atoms with Crippen LogP contribution in [0.5, 0.6) is 0 Å². The first-order chi connectivity index (χ1) is 8.19. The summed E-state index contributed by atoms with van der Waals surface area (Å²) in [6, 6.07) is 1.39. The zero-order valence-corrected chi connectivity index (χ0v) is 10.2. The second-order valence-corrected chi connectivity index (χ2v) is 3.83. The van der Waals surface area contributed by atoms with Crippen molar-refractivity contribution in [1.29, 1.82) is 5.26 Å². The highest BCUT2D eigenvalue weighted by Gasteiger charge is 2.15. The summed E-state index contributed by atoms with van der Waals surface area (Å²) in [4.78, 5) is 15.5. The third kappa shape index (κ3) is 3.87. The van der Waals surface area contributed by atoms with Crippen LogP contribution in [0, 0.1) is 11.3 Å². The molecular formula is C11H17N5O. The third-order valence-corrected chi connectivity index (χ3v) is 2.46. The van der Waals surface area contributed by atoms with Crippen LogP contribution in [0.4, 0.5) is 0 Å². The summed E-state index contributed by atoms with van der Waals surface area (Å²) in [7, 11) is 0. The number of nitrogens with zero attached hydrogens (tertiary/aromatic N) is 4. The number of nitriles is 1. The van der Waals surface area contributed by atoms with Gasteiger partial charge in [0.1, 0.15) is 18.4 Å². The van der Waals surface area contributed by atoms with Crippen LogP contribution in [0.3, 0.4) is 0 Å². The number of hydrogen-bond donors (Lipinski definition) is 1. The van der Waals surface area contributed by atoms with E-state index in [4.69, 9.17) is 5.26 Å². The van der Waals surface area contributed by atoms with Gasteiger partial charge in [0, 0.05) is 6.54 Å². The van der Waals surface area contributed by atoms with E-state index in [1.54, 1.807) is 6.92 Å². The predicted molar refractivity (Wildman–Crippen MR) is 62.0 cm³/mol. The average molecular weight is 235 g/mol. The van der Waals surface area contributed by atoms with Crippen LogP contribution in [0.25, 0.3) is 0 Å². The van der Waals surface area contributed by atoms with E-state index in [-0.39, 0.29) is 11.7 Å². The van der Waals surface area contributed by atoms with Crippen molar-refractivity contribution >= 4 is 5.91 Å². The summed E-state index contributed by atoms with van der Waals surface area (Å²) in [5.74, 6) is -0.0221. The highest BCUT2D eigenvalue weighted by molar-refractivity contribution is 5.79. The molecule has 0 aromatic carbocycles. The molecule has 0 spiro atoms. The molecule has 0 radical (unpaired) electrons. The van der Waals surface area contributed by atoms with Crippen LogP contribution in [-0.4, -0.2) is 27.2 Å². The monoisotopic (exact) mass is 235 g/mol. The zero-order chi connectivity index (χ0) is 12.7. The summed E-state index contributed by atoms with van der Waals surface area (Å²) in [6.45, 7) is 4.52. The fourth-order valence-electron chi connectivity index (χ4n) is 1.37. The van der Waals surface area contributed by atoms with Gasteiger partial charge in [0.05, 0.1) is 0 Å². The Hall–Kier alpha value is -1.90. The van der Waals surface area contributed by atoms with E-state index in [0.29, 0.717) is 6.54 Å². The Labute approximate surface area is 101 Å². The van der Waals surface area contributed by atoms with Crippen LogP contribution in [-0.2, 0) is 4.79 Å². The molecule has 6 nitrogen and oxygen atoms in total. The van der Waals surface area contributed by atoms with Crippen molar-refractivity contribution in [2.24, 2.45) is 0 Å². The van der Waals surface area contributed by atoms with E-state index in [1.807, 2.05) is 6.07 Å². The fraction of sp³-hybridized carbons (Fsp3) is 0.636. The quantitative estimate of drug-likeness (QED) is 0.746. The molecule has 0 fully saturated rings. The summed E-state index contributed by atoms with van der Waals surface area (Å²) in [6.07, 6.45) is 4.61. The molecule has 92 valence electrons. The Morgan fingerprint density at radius 2 is 2.41 bits per heavy atom. The maximum Gasteiger partial charge on any atom is 0.252 e. The first kappa shape index (κ1) is 13.2. The van der Waals surface area contributed by atoms with Gasteiger partial charge >= 0.3 is 0 Å². The number of amides is 1. The summed E-state index contributed by atoms with van der Waals surface area (Å²) < 4.78 is 1.40. The largest absolute Gasteiger partial charge is 0.354 e. The van der Waals surface area contributed by atoms with Crippen LogP contribution < -0.4 is 5.32 Å². The van der Waals surface area contributed by atoms with Crippen molar-refractivity contribution in [2.45, 2.75) is 39.2 Å². The van der Waals surface area contributed by atoms with Gasteiger partial charge in [0.2, 0.25) is 5.91 Å².